The van der Waals surface area contributed by atoms with Crippen LogP contribution < -0.4 is 15.6 Å². The number of thiophene rings is 1. The Bertz CT molecular complexity index is 1480. The van der Waals surface area contributed by atoms with E-state index in [1.165, 1.54) is 31.4 Å². The lowest BCUT2D eigenvalue weighted by molar-refractivity contribution is -0.274. The minimum atomic E-state index is -4.87. The number of benzene rings is 1. The van der Waals surface area contributed by atoms with Crippen LogP contribution in [-0.4, -0.2) is 34.6 Å². The molecule has 1 amide bonds. The number of carbonyl (C=O) groups excluding carboxylic acids is 2. The maximum absolute atomic E-state index is 13.7. The van der Waals surface area contributed by atoms with Gasteiger partial charge in [-0.3, -0.25) is 9.59 Å². The molecule has 39 heavy (non-hydrogen) atoms. The highest BCUT2D eigenvalue weighted by molar-refractivity contribution is 7.16. The quantitative estimate of drug-likeness (QED) is 0.389. The van der Waals surface area contributed by atoms with Gasteiger partial charge in [-0.05, 0) is 87.5 Å². The first-order valence-electron chi connectivity index (χ1n) is 12.9. The molecule has 7 rings (SSSR count). The zero-order chi connectivity index (χ0) is 27.5. The maximum Gasteiger partial charge on any atom is 0.573 e. The highest BCUT2D eigenvalue weighted by Crippen LogP contribution is 2.60. The number of aromatic nitrogens is 2. The number of hydrogen-bond acceptors (Lipinski definition) is 7. The van der Waals surface area contributed by atoms with Crippen molar-refractivity contribution >= 4 is 39.0 Å². The van der Waals surface area contributed by atoms with Gasteiger partial charge in [0, 0.05) is 10.8 Å². The molecule has 8 nitrogen and oxygen atoms in total. The molecular formula is C27H26F3N3O5S. The lowest BCUT2D eigenvalue weighted by Gasteiger charge is -2.55. The molecule has 1 N–H and O–H groups in total. The molecule has 0 atom stereocenters. The predicted molar refractivity (Wildman–Crippen MR) is 137 cm³/mol. The number of rotatable bonds is 6. The number of hydrogen-bond donors (Lipinski definition) is 1. The van der Waals surface area contributed by atoms with Crippen LogP contribution >= 0.6 is 11.3 Å². The summed E-state index contributed by atoms with van der Waals surface area (Å²) in [6.07, 6.45) is 1.22. The molecule has 1 aromatic carbocycles. The number of halogens is 3. The summed E-state index contributed by atoms with van der Waals surface area (Å²) in [7, 11) is 0. The van der Waals surface area contributed by atoms with Gasteiger partial charge in [-0.25, -0.2) is 4.79 Å². The number of amides is 1. The van der Waals surface area contributed by atoms with E-state index in [-0.39, 0.29) is 34.7 Å². The van der Waals surface area contributed by atoms with E-state index in [1.54, 1.807) is 12.3 Å². The van der Waals surface area contributed by atoms with Crippen LogP contribution in [0.1, 0.15) is 55.9 Å². The van der Waals surface area contributed by atoms with E-state index in [2.05, 4.69) is 15.2 Å². The Hall–Kier alpha value is -3.41. The molecule has 4 saturated carbocycles. The van der Waals surface area contributed by atoms with Crippen molar-refractivity contribution in [1.82, 2.24) is 9.78 Å². The number of nitrogens with one attached hydrogen (secondary N) is 1. The van der Waals surface area contributed by atoms with Gasteiger partial charge >= 0.3 is 12.3 Å². The molecule has 2 aromatic heterocycles. The van der Waals surface area contributed by atoms with Crippen LogP contribution in [0.4, 0.5) is 18.2 Å². The standard InChI is InChI=1S/C27H26F3N3O5S/c1-2-37-24(35)21-19-13-39-22(31-25(36)26-10-14-7-15(11-26)9-16(8-14)12-26)20(19)23(34)33(32-21)17-3-5-18(6-4-17)38-27(28,29)30/h3-6,13-16H,2,7-12H2,1H3,(H,31,36). The Balaban J connectivity index is 1.40. The van der Waals surface area contributed by atoms with Crippen LogP contribution in [0.25, 0.3) is 16.5 Å². The van der Waals surface area contributed by atoms with Crippen molar-refractivity contribution in [2.24, 2.45) is 23.2 Å². The Kier molecular flexibility index (Phi) is 6.20. The van der Waals surface area contributed by atoms with Crippen LogP contribution in [0.2, 0.25) is 0 Å². The zero-order valence-electron chi connectivity index (χ0n) is 21.0. The van der Waals surface area contributed by atoms with E-state index < -0.39 is 29.1 Å². The predicted octanol–water partition coefficient (Wildman–Crippen LogP) is 5.68. The summed E-state index contributed by atoms with van der Waals surface area (Å²) in [6.45, 7) is 1.71. The van der Waals surface area contributed by atoms with Gasteiger partial charge in [0.2, 0.25) is 5.91 Å². The van der Waals surface area contributed by atoms with Crippen LogP contribution in [0, 0.1) is 23.2 Å². The summed E-state index contributed by atoms with van der Waals surface area (Å²) in [5, 5.41) is 9.48. The molecule has 0 aliphatic heterocycles. The normalized spacial score (nSPS) is 25.6. The van der Waals surface area contributed by atoms with Crippen LogP contribution in [0.3, 0.4) is 0 Å². The highest BCUT2D eigenvalue weighted by atomic mass is 32.1. The van der Waals surface area contributed by atoms with E-state index in [0.29, 0.717) is 22.8 Å². The second-order valence-corrected chi connectivity index (χ2v) is 11.7. The fourth-order valence-electron chi connectivity index (χ4n) is 7.08. The zero-order valence-corrected chi connectivity index (χ0v) is 21.9. The van der Waals surface area contributed by atoms with E-state index in [1.807, 2.05) is 0 Å². The molecule has 3 aromatic rings. The van der Waals surface area contributed by atoms with E-state index in [4.69, 9.17) is 4.74 Å². The van der Waals surface area contributed by atoms with E-state index in [9.17, 15) is 27.6 Å². The van der Waals surface area contributed by atoms with Crippen molar-refractivity contribution in [3.63, 3.8) is 0 Å². The highest BCUT2D eigenvalue weighted by Gasteiger charge is 2.54. The maximum atomic E-state index is 13.7. The largest absolute Gasteiger partial charge is 0.573 e. The molecule has 206 valence electrons. The molecule has 4 bridgehead atoms. The van der Waals surface area contributed by atoms with Gasteiger partial charge in [0.1, 0.15) is 10.8 Å². The third-order valence-electron chi connectivity index (χ3n) is 8.18. The second-order valence-electron chi connectivity index (χ2n) is 10.8. The van der Waals surface area contributed by atoms with Gasteiger partial charge < -0.3 is 14.8 Å². The summed E-state index contributed by atoms with van der Waals surface area (Å²) in [6, 6.07) is 4.57. The summed E-state index contributed by atoms with van der Waals surface area (Å²) in [4.78, 5) is 40.2. The second kappa shape index (κ2) is 9.35. The van der Waals surface area contributed by atoms with E-state index >= 15 is 0 Å². The molecule has 2 heterocycles. The van der Waals surface area contributed by atoms with Crippen molar-refractivity contribution in [3.05, 3.63) is 45.7 Å². The average molecular weight is 562 g/mol. The minimum absolute atomic E-state index is 0.0738. The molecule has 0 saturated heterocycles. The lowest BCUT2D eigenvalue weighted by Crippen LogP contribution is -2.51. The van der Waals surface area contributed by atoms with Crippen LogP contribution in [-0.2, 0) is 9.53 Å². The Morgan fingerprint density at radius 2 is 1.72 bits per heavy atom. The average Bonchev–Trinajstić information content (AvgIpc) is 3.27. The third-order valence-corrected chi connectivity index (χ3v) is 9.08. The fraction of sp³-hybridized carbons (Fsp3) is 0.481. The van der Waals surface area contributed by atoms with E-state index in [0.717, 1.165) is 47.4 Å². The first kappa shape index (κ1) is 25.8. The summed E-state index contributed by atoms with van der Waals surface area (Å²) in [5.41, 5.74) is -1.08. The molecule has 12 heteroatoms. The van der Waals surface area contributed by atoms with Crippen molar-refractivity contribution < 1.29 is 32.2 Å². The SMILES string of the molecule is CCOC(=O)c1nn(-c2ccc(OC(F)(F)F)cc2)c(=O)c2c(NC(=O)C34CC5CC(CC(C5)C3)C4)scc12. The molecule has 0 radical (unpaired) electrons. The number of esters is 1. The minimum Gasteiger partial charge on any atom is -0.461 e. The monoisotopic (exact) mass is 561 g/mol. The number of nitrogens with zero attached hydrogens (tertiary/aromatic N) is 2. The Morgan fingerprint density at radius 1 is 1.10 bits per heavy atom. The summed E-state index contributed by atoms with van der Waals surface area (Å²) >= 11 is 1.13. The van der Waals surface area contributed by atoms with Gasteiger partial charge in [0.15, 0.2) is 5.69 Å². The fourth-order valence-corrected chi connectivity index (χ4v) is 8.01. The number of carbonyl (C=O) groups is 2. The first-order valence-corrected chi connectivity index (χ1v) is 13.8. The molecule has 4 aliphatic carbocycles. The molecule has 0 unspecified atom stereocenters. The topological polar surface area (TPSA) is 99.5 Å². The van der Waals surface area contributed by atoms with Gasteiger partial charge in [-0.15, -0.1) is 24.5 Å². The molecule has 0 spiro atoms. The van der Waals surface area contributed by atoms with Gasteiger partial charge in [-0.2, -0.15) is 9.78 Å². The van der Waals surface area contributed by atoms with Crippen molar-refractivity contribution in [2.75, 3.05) is 11.9 Å². The number of alkyl halides is 3. The molecule has 4 fully saturated rings. The van der Waals surface area contributed by atoms with Crippen molar-refractivity contribution in [2.45, 2.75) is 51.8 Å². The first-order chi connectivity index (χ1) is 18.5. The van der Waals surface area contributed by atoms with Crippen molar-refractivity contribution in [3.8, 4) is 11.4 Å². The van der Waals surface area contributed by atoms with Gasteiger partial charge in [0.05, 0.1) is 23.1 Å². The lowest BCUT2D eigenvalue weighted by atomic mass is 9.49. The summed E-state index contributed by atoms with van der Waals surface area (Å²) < 4.78 is 47.8. The molecule has 4 aliphatic rings. The van der Waals surface area contributed by atoms with Crippen LogP contribution in [0.15, 0.2) is 34.4 Å². The third kappa shape index (κ3) is 4.68. The number of anilines is 1. The number of ether oxygens (including phenoxy) is 2. The number of fused-ring (bicyclic) bond motifs is 1. The Morgan fingerprint density at radius 3 is 2.28 bits per heavy atom. The smallest absolute Gasteiger partial charge is 0.461 e. The molecular weight excluding hydrogens is 535 g/mol. The van der Waals surface area contributed by atoms with Gasteiger partial charge in [0.25, 0.3) is 5.56 Å². The van der Waals surface area contributed by atoms with Crippen molar-refractivity contribution in [1.29, 1.82) is 0 Å². The Labute approximate surface area is 225 Å². The summed E-state index contributed by atoms with van der Waals surface area (Å²) in [5.74, 6) is 0.351. The van der Waals surface area contributed by atoms with Crippen LogP contribution in [0.5, 0.6) is 5.75 Å². The van der Waals surface area contributed by atoms with Gasteiger partial charge in [-0.1, -0.05) is 0 Å².